The van der Waals surface area contributed by atoms with Gasteiger partial charge in [-0.1, -0.05) is 6.92 Å². The SMILES string of the molecule is CCN(C)CCC1(C)CN1. The van der Waals surface area contributed by atoms with E-state index in [4.69, 9.17) is 0 Å². The van der Waals surface area contributed by atoms with Gasteiger partial charge in [-0.3, -0.25) is 0 Å². The molecule has 0 aromatic carbocycles. The molecule has 0 aromatic heterocycles. The van der Waals surface area contributed by atoms with Gasteiger partial charge in [-0.25, -0.2) is 0 Å². The molecule has 1 saturated heterocycles. The first-order valence-corrected chi connectivity index (χ1v) is 4.10. The third-order valence-corrected chi connectivity index (χ3v) is 2.37. The van der Waals surface area contributed by atoms with Crippen molar-refractivity contribution in [3.8, 4) is 0 Å². The van der Waals surface area contributed by atoms with E-state index in [1.807, 2.05) is 0 Å². The van der Waals surface area contributed by atoms with Crippen molar-refractivity contribution in [2.45, 2.75) is 25.8 Å². The number of hydrogen-bond donors (Lipinski definition) is 1. The van der Waals surface area contributed by atoms with Crippen LogP contribution in [0.2, 0.25) is 0 Å². The van der Waals surface area contributed by atoms with Crippen LogP contribution in [0.25, 0.3) is 0 Å². The largest absolute Gasteiger partial charge is 0.308 e. The maximum atomic E-state index is 3.36. The maximum absolute atomic E-state index is 3.36. The van der Waals surface area contributed by atoms with Crippen molar-refractivity contribution in [1.82, 2.24) is 10.2 Å². The Morgan fingerprint density at radius 1 is 1.60 bits per heavy atom. The molecule has 0 aromatic rings. The van der Waals surface area contributed by atoms with Crippen molar-refractivity contribution in [3.05, 3.63) is 0 Å². The van der Waals surface area contributed by atoms with Crippen LogP contribution in [-0.4, -0.2) is 37.1 Å². The van der Waals surface area contributed by atoms with Crippen molar-refractivity contribution in [1.29, 1.82) is 0 Å². The molecule has 2 heteroatoms. The molecular formula is C8H18N2. The summed E-state index contributed by atoms with van der Waals surface area (Å²) >= 11 is 0. The zero-order chi connectivity index (χ0) is 7.61. The summed E-state index contributed by atoms with van der Waals surface area (Å²) in [4.78, 5) is 2.35. The van der Waals surface area contributed by atoms with E-state index in [1.165, 1.54) is 19.5 Å². The van der Waals surface area contributed by atoms with Crippen LogP contribution in [0.1, 0.15) is 20.3 Å². The Morgan fingerprint density at radius 3 is 2.60 bits per heavy atom. The highest BCUT2D eigenvalue weighted by molar-refractivity contribution is 4.99. The lowest BCUT2D eigenvalue weighted by Crippen LogP contribution is -2.24. The molecule has 0 bridgehead atoms. The van der Waals surface area contributed by atoms with Gasteiger partial charge in [-0.2, -0.15) is 0 Å². The van der Waals surface area contributed by atoms with Crippen LogP contribution in [0.3, 0.4) is 0 Å². The number of nitrogens with zero attached hydrogens (tertiary/aromatic N) is 1. The second-order valence-corrected chi connectivity index (χ2v) is 3.56. The summed E-state index contributed by atoms with van der Waals surface area (Å²) in [5.41, 5.74) is 0.490. The topological polar surface area (TPSA) is 25.2 Å². The summed E-state index contributed by atoms with van der Waals surface area (Å²) in [6.45, 7) is 8.08. The van der Waals surface area contributed by atoms with Gasteiger partial charge in [-0.05, 0) is 33.5 Å². The molecule has 1 aliphatic rings. The number of rotatable bonds is 4. The zero-order valence-corrected chi connectivity index (χ0v) is 7.28. The average Bonchev–Trinajstić information content (AvgIpc) is 2.64. The van der Waals surface area contributed by atoms with Gasteiger partial charge in [0.05, 0.1) is 0 Å². The molecule has 1 heterocycles. The lowest BCUT2D eigenvalue weighted by atomic mass is 10.1. The zero-order valence-electron chi connectivity index (χ0n) is 7.28. The second-order valence-electron chi connectivity index (χ2n) is 3.56. The van der Waals surface area contributed by atoms with Gasteiger partial charge < -0.3 is 10.2 Å². The molecule has 1 atom stereocenters. The minimum absolute atomic E-state index is 0.490. The summed E-state index contributed by atoms with van der Waals surface area (Å²) < 4.78 is 0. The van der Waals surface area contributed by atoms with Crippen LogP contribution >= 0.6 is 0 Å². The molecule has 10 heavy (non-hydrogen) atoms. The third kappa shape index (κ3) is 2.27. The number of nitrogens with one attached hydrogen (secondary N) is 1. The Morgan fingerprint density at radius 2 is 2.20 bits per heavy atom. The van der Waals surface area contributed by atoms with E-state index >= 15 is 0 Å². The lowest BCUT2D eigenvalue weighted by Gasteiger charge is -2.15. The molecule has 0 amide bonds. The minimum Gasteiger partial charge on any atom is -0.308 e. The van der Waals surface area contributed by atoms with Gasteiger partial charge in [0.15, 0.2) is 0 Å². The van der Waals surface area contributed by atoms with Crippen molar-refractivity contribution < 1.29 is 0 Å². The molecule has 2 nitrogen and oxygen atoms in total. The van der Waals surface area contributed by atoms with E-state index in [-0.39, 0.29) is 0 Å². The third-order valence-electron chi connectivity index (χ3n) is 2.37. The molecule has 60 valence electrons. The predicted octanol–water partition coefficient (Wildman–Crippen LogP) is 0.690. The van der Waals surface area contributed by atoms with E-state index in [9.17, 15) is 0 Å². The fourth-order valence-corrected chi connectivity index (χ4v) is 0.923. The highest BCUT2D eigenvalue weighted by Crippen LogP contribution is 2.19. The highest BCUT2D eigenvalue weighted by atomic mass is 15.2. The van der Waals surface area contributed by atoms with Crippen LogP contribution in [-0.2, 0) is 0 Å². The van der Waals surface area contributed by atoms with Gasteiger partial charge in [0, 0.05) is 12.1 Å². The fraction of sp³-hybridized carbons (Fsp3) is 1.00. The molecule has 0 aliphatic carbocycles. The van der Waals surface area contributed by atoms with E-state index in [0.29, 0.717) is 5.54 Å². The first-order valence-electron chi connectivity index (χ1n) is 4.10. The first kappa shape index (κ1) is 8.02. The quantitative estimate of drug-likeness (QED) is 0.584. The smallest absolute Gasteiger partial charge is 0.0291 e. The molecule has 1 aliphatic heterocycles. The van der Waals surface area contributed by atoms with Crippen LogP contribution in [0.15, 0.2) is 0 Å². The Labute approximate surface area is 63.6 Å². The molecule has 1 unspecified atom stereocenters. The molecule has 0 saturated carbocycles. The minimum atomic E-state index is 0.490. The monoisotopic (exact) mass is 142 g/mol. The predicted molar refractivity (Wildman–Crippen MR) is 44.2 cm³/mol. The summed E-state index contributed by atoms with van der Waals surface area (Å²) in [5, 5.41) is 3.36. The van der Waals surface area contributed by atoms with E-state index in [1.54, 1.807) is 0 Å². The van der Waals surface area contributed by atoms with Crippen LogP contribution in [0.5, 0.6) is 0 Å². The standard InChI is InChI=1S/C8H18N2/c1-4-10(3)6-5-8(2)7-9-8/h9H,4-7H2,1-3H3. The fourth-order valence-electron chi connectivity index (χ4n) is 0.923. The van der Waals surface area contributed by atoms with Crippen molar-refractivity contribution in [3.63, 3.8) is 0 Å². The Hall–Kier alpha value is -0.0800. The summed E-state index contributed by atoms with van der Waals surface area (Å²) in [6.07, 6.45) is 1.29. The van der Waals surface area contributed by atoms with Crippen LogP contribution < -0.4 is 5.32 Å². The first-order chi connectivity index (χ1) is 4.66. The van der Waals surface area contributed by atoms with Crippen molar-refractivity contribution in [2.24, 2.45) is 0 Å². The Balaban J connectivity index is 2.04. The van der Waals surface area contributed by atoms with Gasteiger partial charge in [0.1, 0.15) is 0 Å². The summed E-state index contributed by atoms with van der Waals surface area (Å²) in [6, 6.07) is 0. The van der Waals surface area contributed by atoms with E-state index in [2.05, 4.69) is 31.1 Å². The molecule has 0 spiro atoms. The van der Waals surface area contributed by atoms with Gasteiger partial charge in [0.25, 0.3) is 0 Å². The van der Waals surface area contributed by atoms with Crippen LogP contribution in [0, 0.1) is 0 Å². The van der Waals surface area contributed by atoms with Gasteiger partial charge >= 0.3 is 0 Å². The van der Waals surface area contributed by atoms with Gasteiger partial charge in [-0.15, -0.1) is 0 Å². The normalized spacial score (nSPS) is 31.2. The van der Waals surface area contributed by atoms with Gasteiger partial charge in [0.2, 0.25) is 0 Å². The number of hydrogen-bond acceptors (Lipinski definition) is 2. The van der Waals surface area contributed by atoms with Crippen molar-refractivity contribution >= 4 is 0 Å². The second kappa shape index (κ2) is 2.89. The molecule has 1 rings (SSSR count). The lowest BCUT2D eigenvalue weighted by molar-refractivity contribution is 0.331. The molecule has 1 N–H and O–H groups in total. The van der Waals surface area contributed by atoms with E-state index < -0.39 is 0 Å². The summed E-state index contributed by atoms with van der Waals surface area (Å²) in [5.74, 6) is 0. The molecule has 1 fully saturated rings. The summed E-state index contributed by atoms with van der Waals surface area (Å²) in [7, 11) is 2.17. The maximum Gasteiger partial charge on any atom is 0.0291 e. The Kier molecular flexibility index (Phi) is 2.32. The average molecular weight is 142 g/mol. The molecular weight excluding hydrogens is 124 g/mol. The van der Waals surface area contributed by atoms with Crippen molar-refractivity contribution in [2.75, 3.05) is 26.7 Å². The molecule has 0 radical (unpaired) electrons. The highest BCUT2D eigenvalue weighted by Gasteiger charge is 2.35. The van der Waals surface area contributed by atoms with Crippen LogP contribution in [0.4, 0.5) is 0 Å². The van der Waals surface area contributed by atoms with E-state index in [0.717, 1.165) is 6.54 Å². The Bertz CT molecular complexity index is 108.